The van der Waals surface area contributed by atoms with E-state index < -0.39 is 0 Å². The van der Waals surface area contributed by atoms with Gasteiger partial charge >= 0.3 is 0 Å². The molecule has 1 aromatic carbocycles. The Labute approximate surface area is 160 Å². The first-order valence-electron chi connectivity index (χ1n) is 9.33. The van der Waals surface area contributed by atoms with E-state index in [0.717, 1.165) is 57.0 Å². The quantitative estimate of drug-likeness (QED) is 0.578. The molecule has 8 nitrogen and oxygen atoms in total. The minimum Gasteiger partial charge on any atom is -0.379 e. The average Bonchev–Trinajstić information content (AvgIpc) is 3.02. The van der Waals surface area contributed by atoms with Crippen molar-refractivity contribution < 1.29 is 4.74 Å². The van der Waals surface area contributed by atoms with Crippen LogP contribution in [0.1, 0.15) is 22.8 Å². The molecule has 0 aliphatic carbocycles. The highest BCUT2D eigenvalue weighted by Gasteiger charge is 2.13. The van der Waals surface area contributed by atoms with Gasteiger partial charge in [-0.05, 0) is 18.1 Å². The largest absolute Gasteiger partial charge is 0.379 e. The number of nitrogens with zero attached hydrogens (tertiary/aromatic N) is 5. The third-order valence-electron chi connectivity index (χ3n) is 4.88. The second-order valence-electron chi connectivity index (χ2n) is 6.66. The summed E-state index contributed by atoms with van der Waals surface area (Å²) in [5.41, 5.74) is 2.62. The van der Waals surface area contributed by atoms with Crippen molar-refractivity contribution in [3.63, 3.8) is 0 Å². The van der Waals surface area contributed by atoms with Crippen molar-refractivity contribution >= 4 is 5.96 Å². The van der Waals surface area contributed by atoms with Gasteiger partial charge in [0.15, 0.2) is 11.8 Å². The molecule has 0 saturated carbocycles. The lowest BCUT2D eigenvalue weighted by molar-refractivity contribution is 0.0341. The Morgan fingerprint density at radius 2 is 1.81 bits per heavy atom. The molecule has 0 amide bonds. The van der Waals surface area contributed by atoms with Gasteiger partial charge < -0.3 is 19.9 Å². The Hall–Kier alpha value is -2.45. The third-order valence-corrected chi connectivity index (χ3v) is 4.88. The normalized spacial score (nSPS) is 15.7. The molecule has 1 fully saturated rings. The number of guanidine groups is 1. The summed E-state index contributed by atoms with van der Waals surface area (Å²) in [7, 11) is 3.74. The van der Waals surface area contributed by atoms with E-state index in [4.69, 9.17) is 4.74 Å². The predicted molar refractivity (Wildman–Crippen MR) is 105 cm³/mol. The lowest BCUT2D eigenvalue weighted by Crippen LogP contribution is -2.38. The first-order valence-corrected chi connectivity index (χ1v) is 9.33. The average molecular weight is 371 g/mol. The Balaban J connectivity index is 1.55. The zero-order valence-corrected chi connectivity index (χ0v) is 16.4. The molecule has 2 N–H and O–H groups in total. The molecule has 0 atom stereocenters. The summed E-state index contributed by atoms with van der Waals surface area (Å²) in [5, 5.41) is 14.9. The minimum absolute atomic E-state index is 0.576. The molecule has 0 radical (unpaired) electrons. The van der Waals surface area contributed by atoms with Gasteiger partial charge in [-0.15, -0.1) is 10.2 Å². The van der Waals surface area contributed by atoms with E-state index in [0.29, 0.717) is 6.54 Å². The number of hydrogen-bond donors (Lipinski definition) is 2. The van der Waals surface area contributed by atoms with Gasteiger partial charge in [0.1, 0.15) is 5.82 Å². The second-order valence-corrected chi connectivity index (χ2v) is 6.66. The maximum Gasteiger partial charge on any atom is 0.191 e. The van der Waals surface area contributed by atoms with Gasteiger partial charge in [0.05, 0.1) is 19.8 Å². The van der Waals surface area contributed by atoms with Crippen LogP contribution in [0, 0.1) is 6.92 Å². The predicted octanol–water partition coefficient (Wildman–Crippen LogP) is 0.821. The van der Waals surface area contributed by atoms with E-state index in [-0.39, 0.29) is 0 Å². The molecular weight excluding hydrogens is 342 g/mol. The van der Waals surface area contributed by atoms with Crippen molar-refractivity contribution in [3.05, 3.63) is 47.0 Å². The van der Waals surface area contributed by atoms with Gasteiger partial charge in [0.25, 0.3) is 0 Å². The highest BCUT2D eigenvalue weighted by Crippen LogP contribution is 2.13. The minimum atomic E-state index is 0.576. The van der Waals surface area contributed by atoms with Crippen LogP contribution in [0.2, 0.25) is 0 Å². The Morgan fingerprint density at radius 1 is 1.11 bits per heavy atom. The molecule has 0 unspecified atom stereocenters. The molecule has 1 aliphatic heterocycles. The smallest absolute Gasteiger partial charge is 0.191 e. The fraction of sp³-hybridized carbons (Fsp3) is 0.526. The molecule has 3 rings (SSSR count). The van der Waals surface area contributed by atoms with Crippen LogP contribution in [0.4, 0.5) is 0 Å². The standard InChI is InChI=1S/C19H29N7O/c1-15-23-24-18(25(15)3)13-22-19(20-2)21-12-16-6-4-5-7-17(16)14-26-8-10-27-11-9-26/h4-7H,8-14H2,1-3H3,(H2,20,21,22). The maximum atomic E-state index is 5.45. The Kier molecular flexibility index (Phi) is 6.78. The number of hydrogen-bond acceptors (Lipinski definition) is 5. The summed E-state index contributed by atoms with van der Waals surface area (Å²) in [4.78, 5) is 6.75. The summed E-state index contributed by atoms with van der Waals surface area (Å²) in [6, 6.07) is 8.55. The highest BCUT2D eigenvalue weighted by atomic mass is 16.5. The van der Waals surface area contributed by atoms with E-state index >= 15 is 0 Å². The molecule has 8 heteroatoms. The number of aromatic nitrogens is 3. The molecule has 2 aromatic rings. The molecule has 1 saturated heterocycles. The summed E-state index contributed by atoms with van der Waals surface area (Å²) in [5.74, 6) is 2.52. The molecule has 27 heavy (non-hydrogen) atoms. The molecule has 0 spiro atoms. The summed E-state index contributed by atoms with van der Waals surface area (Å²) >= 11 is 0. The van der Waals surface area contributed by atoms with Crippen molar-refractivity contribution in [3.8, 4) is 0 Å². The fourth-order valence-corrected chi connectivity index (χ4v) is 3.05. The molecule has 1 aromatic heterocycles. The van der Waals surface area contributed by atoms with Gasteiger partial charge in [0, 0.05) is 40.3 Å². The van der Waals surface area contributed by atoms with Crippen LogP contribution in [-0.2, 0) is 31.4 Å². The van der Waals surface area contributed by atoms with E-state index in [9.17, 15) is 0 Å². The van der Waals surface area contributed by atoms with E-state index in [1.54, 1.807) is 7.05 Å². The van der Waals surface area contributed by atoms with Crippen molar-refractivity contribution in [2.45, 2.75) is 26.6 Å². The van der Waals surface area contributed by atoms with Crippen molar-refractivity contribution in [2.24, 2.45) is 12.0 Å². The van der Waals surface area contributed by atoms with Gasteiger partial charge in [-0.25, -0.2) is 0 Å². The van der Waals surface area contributed by atoms with Crippen LogP contribution in [0.25, 0.3) is 0 Å². The zero-order valence-electron chi connectivity index (χ0n) is 16.4. The van der Waals surface area contributed by atoms with Gasteiger partial charge in [-0.1, -0.05) is 24.3 Å². The van der Waals surface area contributed by atoms with Crippen LogP contribution in [0.5, 0.6) is 0 Å². The summed E-state index contributed by atoms with van der Waals surface area (Å²) in [6.45, 7) is 7.80. The molecule has 146 valence electrons. The molecule has 2 heterocycles. The third kappa shape index (κ3) is 5.27. The zero-order chi connectivity index (χ0) is 19.1. The monoisotopic (exact) mass is 371 g/mol. The number of nitrogens with one attached hydrogen (secondary N) is 2. The van der Waals surface area contributed by atoms with Crippen LogP contribution < -0.4 is 10.6 Å². The van der Waals surface area contributed by atoms with E-state index in [1.807, 2.05) is 18.5 Å². The number of rotatable bonds is 6. The number of aryl methyl sites for hydroxylation is 1. The van der Waals surface area contributed by atoms with Gasteiger partial charge in [0.2, 0.25) is 0 Å². The Morgan fingerprint density at radius 3 is 2.48 bits per heavy atom. The van der Waals surface area contributed by atoms with Crippen LogP contribution in [0.15, 0.2) is 29.3 Å². The van der Waals surface area contributed by atoms with Crippen LogP contribution >= 0.6 is 0 Å². The first-order chi connectivity index (χ1) is 13.2. The second kappa shape index (κ2) is 9.48. The lowest BCUT2D eigenvalue weighted by atomic mass is 10.1. The molecule has 0 bridgehead atoms. The first kappa shape index (κ1) is 19.3. The van der Waals surface area contributed by atoms with Crippen molar-refractivity contribution in [1.82, 2.24) is 30.3 Å². The SMILES string of the molecule is CN=C(NCc1ccccc1CN1CCOCC1)NCc1nnc(C)n1C. The maximum absolute atomic E-state index is 5.45. The number of ether oxygens (including phenoxy) is 1. The lowest BCUT2D eigenvalue weighted by Gasteiger charge is -2.27. The van der Waals surface area contributed by atoms with Crippen LogP contribution in [-0.4, -0.2) is 59.0 Å². The Bertz CT molecular complexity index is 765. The number of aliphatic imine (C=N–C) groups is 1. The van der Waals surface area contributed by atoms with E-state index in [1.165, 1.54) is 11.1 Å². The van der Waals surface area contributed by atoms with Crippen molar-refractivity contribution in [1.29, 1.82) is 0 Å². The van der Waals surface area contributed by atoms with Gasteiger partial charge in [-0.3, -0.25) is 9.89 Å². The molecule has 1 aliphatic rings. The van der Waals surface area contributed by atoms with Crippen molar-refractivity contribution in [2.75, 3.05) is 33.4 Å². The van der Waals surface area contributed by atoms with Crippen LogP contribution in [0.3, 0.4) is 0 Å². The summed E-state index contributed by atoms with van der Waals surface area (Å²) in [6.07, 6.45) is 0. The highest BCUT2D eigenvalue weighted by molar-refractivity contribution is 5.79. The topological polar surface area (TPSA) is 79.6 Å². The number of benzene rings is 1. The fourth-order valence-electron chi connectivity index (χ4n) is 3.05. The number of morpholine rings is 1. The molecular formula is C19H29N7O. The van der Waals surface area contributed by atoms with E-state index in [2.05, 4.69) is 55.0 Å². The van der Waals surface area contributed by atoms with Gasteiger partial charge in [-0.2, -0.15) is 0 Å². The summed E-state index contributed by atoms with van der Waals surface area (Å²) < 4.78 is 7.42.